The molecule has 0 aliphatic carbocycles. The minimum atomic E-state index is 0.207. The molecule has 0 bridgehead atoms. The van der Waals surface area contributed by atoms with Gasteiger partial charge in [-0.05, 0) is 44.0 Å². The van der Waals surface area contributed by atoms with Gasteiger partial charge in [0.2, 0.25) is 0 Å². The summed E-state index contributed by atoms with van der Waals surface area (Å²) in [5, 5.41) is 0. The van der Waals surface area contributed by atoms with E-state index in [1.54, 1.807) is 0 Å². The van der Waals surface area contributed by atoms with Gasteiger partial charge in [0.1, 0.15) is 5.75 Å². The van der Waals surface area contributed by atoms with Crippen LogP contribution in [0.1, 0.15) is 25.0 Å². The third kappa shape index (κ3) is 2.35. The van der Waals surface area contributed by atoms with Gasteiger partial charge in [-0.25, -0.2) is 0 Å². The van der Waals surface area contributed by atoms with E-state index in [1.165, 1.54) is 0 Å². The largest absolute Gasteiger partial charge is 0.491 e. The molecule has 1 rings (SSSR count). The minimum absolute atomic E-state index is 0.207. The predicted molar refractivity (Wildman–Crippen MR) is 54.9 cm³/mol. The van der Waals surface area contributed by atoms with E-state index in [4.69, 9.17) is 4.74 Å². The highest BCUT2D eigenvalue weighted by Gasteiger charge is 2.03. The van der Waals surface area contributed by atoms with Crippen LogP contribution in [0.25, 0.3) is 0 Å². The molecule has 0 unspecified atom stereocenters. The van der Waals surface area contributed by atoms with E-state index in [0.29, 0.717) is 0 Å². The van der Waals surface area contributed by atoms with E-state index in [1.807, 2.05) is 39.0 Å². The van der Waals surface area contributed by atoms with Gasteiger partial charge in [0.15, 0.2) is 0 Å². The Balaban J connectivity index is 3.01. The molecule has 0 saturated heterocycles. The Bertz CT molecular complexity index is 300. The topological polar surface area (TPSA) is 9.23 Å². The number of ether oxygens (including phenoxy) is 1. The highest BCUT2D eigenvalue weighted by atomic mass is 16.5. The normalized spacial score (nSPS) is 10.2. The van der Waals surface area contributed by atoms with Gasteiger partial charge in [-0.1, -0.05) is 18.7 Å². The monoisotopic (exact) mass is 175 g/mol. The second-order valence-electron chi connectivity index (χ2n) is 3.27. The average Bonchev–Trinajstić information content (AvgIpc) is 2.08. The molecule has 1 radical (unpaired) electrons. The summed E-state index contributed by atoms with van der Waals surface area (Å²) in [6.45, 7) is 9.69. The van der Waals surface area contributed by atoms with Crippen LogP contribution in [0.3, 0.4) is 0 Å². The van der Waals surface area contributed by atoms with Crippen molar-refractivity contribution in [3.8, 4) is 5.75 Å². The molecule has 0 spiro atoms. The summed E-state index contributed by atoms with van der Waals surface area (Å²) >= 11 is 0. The van der Waals surface area contributed by atoms with Crippen molar-refractivity contribution >= 4 is 0 Å². The van der Waals surface area contributed by atoms with Crippen molar-refractivity contribution in [1.82, 2.24) is 0 Å². The Morgan fingerprint density at radius 2 is 2.08 bits per heavy atom. The number of benzene rings is 1. The van der Waals surface area contributed by atoms with Gasteiger partial charge < -0.3 is 4.74 Å². The van der Waals surface area contributed by atoms with Crippen molar-refractivity contribution in [2.24, 2.45) is 0 Å². The lowest BCUT2D eigenvalue weighted by Crippen LogP contribution is -2.06. The first-order valence-electron chi connectivity index (χ1n) is 4.44. The summed E-state index contributed by atoms with van der Waals surface area (Å²) in [6, 6.07) is 5.91. The first-order chi connectivity index (χ1) is 6.15. The molecular formula is C12H15O. The third-order valence-electron chi connectivity index (χ3n) is 1.84. The Hall–Kier alpha value is -1.24. The lowest BCUT2D eigenvalue weighted by Gasteiger charge is -2.13. The molecule has 13 heavy (non-hydrogen) atoms. The molecule has 69 valence electrons. The van der Waals surface area contributed by atoms with Crippen LogP contribution in [-0.2, 0) is 0 Å². The van der Waals surface area contributed by atoms with E-state index in [2.05, 4.69) is 12.7 Å². The molecule has 0 fully saturated rings. The zero-order valence-corrected chi connectivity index (χ0v) is 8.42. The van der Waals surface area contributed by atoms with Gasteiger partial charge in [0.05, 0.1) is 6.10 Å². The maximum Gasteiger partial charge on any atom is 0.123 e. The van der Waals surface area contributed by atoms with Crippen LogP contribution in [0.15, 0.2) is 24.8 Å². The lowest BCUT2D eigenvalue weighted by molar-refractivity contribution is 0.240. The lowest BCUT2D eigenvalue weighted by atomic mass is 10.1. The van der Waals surface area contributed by atoms with Gasteiger partial charge in [-0.15, -0.1) is 0 Å². The molecule has 0 amide bonds. The van der Waals surface area contributed by atoms with E-state index in [-0.39, 0.29) is 6.10 Å². The Morgan fingerprint density at radius 3 is 2.62 bits per heavy atom. The van der Waals surface area contributed by atoms with Crippen molar-refractivity contribution in [2.75, 3.05) is 0 Å². The molecule has 0 saturated carbocycles. The van der Waals surface area contributed by atoms with Gasteiger partial charge in [0.25, 0.3) is 0 Å². The fourth-order valence-corrected chi connectivity index (χ4v) is 1.19. The van der Waals surface area contributed by atoms with Crippen molar-refractivity contribution in [3.05, 3.63) is 42.0 Å². The van der Waals surface area contributed by atoms with E-state index in [0.717, 1.165) is 16.9 Å². The quantitative estimate of drug-likeness (QED) is 0.685. The average molecular weight is 175 g/mol. The summed E-state index contributed by atoms with van der Waals surface area (Å²) in [5.41, 5.74) is 2.12. The third-order valence-corrected chi connectivity index (χ3v) is 1.84. The van der Waals surface area contributed by atoms with Crippen LogP contribution in [-0.4, -0.2) is 6.10 Å². The molecule has 0 heterocycles. The highest BCUT2D eigenvalue weighted by molar-refractivity contribution is 5.41. The molecule has 0 N–H and O–H groups in total. The molecule has 0 aliphatic rings. The zero-order valence-electron chi connectivity index (χ0n) is 8.42. The van der Waals surface area contributed by atoms with Crippen molar-refractivity contribution in [1.29, 1.82) is 0 Å². The second-order valence-corrected chi connectivity index (χ2v) is 3.27. The molecule has 1 heteroatoms. The van der Waals surface area contributed by atoms with Crippen LogP contribution in [0, 0.1) is 13.0 Å². The van der Waals surface area contributed by atoms with Crippen molar-refractivity contribution in [2.45, 2.75) is 26.9 Å². The van der Waals surface area contributed by atoms with Crippen molar-refractivity contribution in [3.63, 3.8) is 0 Å². The SMILES string of the molecule is C=[C]c1cccc(OC(C)C)c1C. The second kappa shape index (κ2) is 4.13. The summed E-state index contributed by atoms with van der Waals surface area (Å²) in [4.78, 5) is 0. The molecule has 0 aromatic heterocycles. The molecule has 0 atom stereocenters. The molecule has 1 aromatic carbocycles. The molecule has 1 aromatic rings. The smallest absolute Gasteiger partial charge is 0.123 e. The standard InChI is InChI=1S/C12H15O/c1-5-11-7-6-8-12(10(11)4)13-9(2)3/h6-9H,1H2,2-4H3. The number of hydrogen-bond donors (Lipinski definition) is 0. The van der Waals surface area contributed by atoms with E-state index < -0.39 is 0 Å². The van der Waals surface area contributed by atoms with Gasteiger partial charge in [0, 0.05) is 0 Å². The fraction of sp³-hybridized carbons (Fsp3) is 0.333. The number of hydrogen-bond acceptors (Lipinski definition) is 1. The zero-order chi connectivity index (χ0) is 9.84. The van der Waals surface area contributed by atoms with Crippen LogP contribution in [0.2, 0.25) is 0 Å². The Labute approximate surface area is 80.0 Å². The van der Waals surface area contributed by atoms with Gasteiger partial charge >= 0.3 is 0 Å². The van der Waals surface area contributed by atoms with E-state index in [9.17, 15) is 0 Å². The summed E-state index contributed by atoms with van der Waals surface area (Å²) < 4.78 is 5.62. The first-order valence-corrected chi connectivity index (χ1v) is 4.44. The van der Waals surface area contributed by atoms with Crippen LogP contribution < -0.4 is 4.74 Å². The minimum Gasteiger partial charge on any atom is -0.491 e. The summed E-state index contributed by atoms with van der Waals surface area (Å²) in [6.07, 6.45) is 3.09. The summed E-state index contributed by atoms with van der Waals surface area (Å²) in [5.74, 6) is 0.920. The van der Waals surface area contributed by atoms with Crippen molar-refractivity contribution < 1.29 is 4.74 Å². The first kappa shape index (κ1) is 9.85. The van der Waals surface area contributed by atoms with Gasteiger partial charge in [-0.3, -0.25) is 0 Å². The van der Waals surface area contributed by atoms with E-state index >= 15 is 0 Å². The fourth-order valence-electron chi connectivity index (χ4n) is 1.19. The molecule has 1 nitrogen and oxygen atoms in total. The van der Waals surface area contributed by atoms with Crippen LogP contribution in [0.4, 0.5) is 0 Å². The maximum atomic E-state index is 5.62. The molecular weight excluding hydrogens is 160 g/mol. The summed E-state index contributed by atoms with van der Waals surface area (Å²) in [7, 11) is 0. The predicted octanol–water partition coefficient (Wildman–Crippen LogP) is 3.12. The number of rotatable bonds is 3. The van der Waals surface area contributed by atoms with Gasteiger partial charge in [-0.2, -0.15) is 0 Å². The highest BCUT2D eigenvalue weighted by Crippen LogP contribution is 2.22. The van der Waals surface area contributed by atoms with Crippen LogP contribution in [0.5, 0.6) is 5.75 Å². The Morgan fingerprint density at radius 1 is 1.38 bits per heavy atom. The Kier molecular flexibility index (Phi) is 3.13. The maximum absolute atomic E-state index is 5.62. The van der Waals surface area contributed by atoms with Crippen LogP contribution >= 0.6 is 0 Å². The molecule has 0 aliphatic heterocycles.